The van der Waals surface area contributed by atoms with Crippen molar-refractivity contribution in [2.24, 2.45) is 0 Å². The van der Waals surface area contributed by atoms with Crippen molar-refractivity contribution in [1.82, 2.24) is 10.2 Å². The van der Waals surface area contributed by atoms with Crippen LogP contribution in [0.15, 0.2) is 12.1 Å². The highest BCUT2D eigenvalue weighted by Gasteiger charge is 2.37. The molecule has 0 spiro atoms. The van der Waals surface area contributed by atoms with Crippen LogP contribution >= 0.6 is 12.4 Å². The Kier molecular flexibility index (Phi) is 7.56. The Bertz CT molecular complexity index is 537. The fourth-order valence-corrected chi connectivity index (χ4v) is 2.77. The molecule has 0 radical (unpaired) electrons. The summed E-state index contributed by atoms with van der Waals surface area (Å²) in [5, 5.41) is 3.08. The number of nitrogens with zero attached hydrogens (tertiary/aromatic N) is 1. The molecule has 1 atom stereocenters. The van der Waals surface area contributed by atoms with Gasteiger partial charge in [-0.3, -0.25) is 4.90 Å². The van der Waals surface area contributed by atoms with Gasteiger partial charge in [-0.15, -0.1) is 12.4 Å². The number of hydrogen-bond donors (Lipinski definition) is 1. The van der Waals surface area contributed by atoms with E-state index in [0.717, 1.165) is 6.07 Å². The van der Waals surface area contributed by atoms with Gasteiger partial charge in [0.2, 0.25) is 0 Å². The average Bonchev–Trinajstić information content (AvgIpc) is 2.52. The third kappa shape index (κ3) is 5.12. The molecule has 2 rings (SSSR count). The SMILES string of the molecule is COc1cc(F)c([C@H](CC(F)(F)F)N2CCNCC2)cc1OC.Cl. The van der Waals surface area contributed by atoms with Gasteiger partial charge in [0.15, 0.2) is 11.5 Å². The number of hydrogen-bond acceptors (Lipinski definition) is 4. The number of ether oxygens (including phenoxy) is 2. The van der Waals surface area contributed by atoms with Gasteiger partial charge in [0, 0.05) is 43.9 Å². The van der Waals surface area contributed by atoms with Crippen LogP contribution in [0.1, 0.15) is 18.0 Å². The zero-order valence-electron chi connectivity index (χ0n) is 13.5. The van der Waals surface area contributed by atoms with Gasteiger partial charge in [-0.1, -0.05) is 0 Å². The maximum atomic E-state index is 14.4. The smallest absolute Gasteiger partial charge is 0.390 e. The van der Waals surface area contributed by atoms with Crippen molar-refractivity contribution in [3.05, 3.63) is 23.5 Å². The summed E-state index contributed by atoms with van der Waals surface area (Å²) in [5.74, 6) is -0.360. The van der Waals surface area contributed by atoms with Gasteiger partial charge in [-0.05, 0) is 6.07 Å². The molecule has 1 aliphatic rings. The lowest BCUT2D eigenvalue weighted by Gasteiger charge is -2.36. The molecular weight excluding hydrogens is 352 g/mol. The minimum Gasteiger partial charge on any atom is -0.493 e. The largest absolute Gasteiger partial charge is 0.493 e. The lowest BCUT2D eigenvalue weighted by Crippen LogP contribution is -2.46. The van der Waals surface area contributed by atoms with Crippen LogP contribution in [0.3, 0.4) is 0 Å². The lowest BCUT2D eigenvalue weighted by atomic mass is 9.99. The predicted molar refractivity (Wildman–Crippen MR) is 84.6 cm³/mol. The van der Waals surface area contributed by atoms with Crippen LogP contribution in [0.4, 0.5) is 17.6 Å². The molecule has 1 N–H and O–H groups in total. The predicted octanol–water partition coefficient (Wildman–Crippen LogP) is 3.16. The second-order valence-electron chi connectivity index (χ2n) is 5.35. The summed E-state index contributed by atoms with van der Waals surface area (Å²) in [6, 6.07) is 1.28. The van der Waals surface area contributed by atoms with Gasteiger partial charge in [-0.2, -0.15) is 13.2 Å². The van der Waals surface area contributed by atoms with Crippen molar-refractivity contribution in [2.45, 2.75) is 18.6 Å². The first-order valence-corrected chi connectivity index (χ1v) is 7.28. The first-order chi connectivity index (χ1) is 10.9. The molecule has 1 aromatic rings. The van der Waals surface area contributed by atoms with Crippen LogP contribution < -0.4 is 14.8 Å². The van der Waals surface area contributed by atoms with E-state index in [4.69, 9.17) is 9.47 Å². The zero-order chi connectivity index (χ0) is 17.0. The van der Waals surface area contributed by atoms with Gasteiger partial charge < -0.3 is 14.8 Å². The Labute approximate surface area is 144 Å². The zero-order valence-corrected chi connectivity index (χ0v) is 14.3. The molecule has 0 amide bonds. The standard InChI is InChI=1S/C15H20F4N2O2.ClH/c1-22-13-7-10(11(16)8-14(13)23-2)12(9-15(17,18)19)21-5-3-20-4-6-21;/h7-8,12,20H,3-6,9H2,1-2H3;1H/t12-;/m0./s1. The first-order valence-electron chi connectivity index (χ1n) is 7.28. The molecule has 1 aliphatic heterocycles. The summed E-state index contributed by atoms with van der Waals surface area (Å²) in [6.45, 7) is 2.00. The van der Waals surface area contributed by atoms with Crippen molar-refractivity contribution in [3.8, 4) is 11.5 Å². The molecule has 1 saturated heterocycles. The van der Waals surface area contributed by atoms with Crippen molar-refractivity contribution in [2.75, 3.05) is 40.4 Å². The van der Waals surface area contributed by atoms with Crippen LogP contribution in [0.2, 0.25) is 0 Å². The molecule has 1 aromatic carbocycles. The number of benzene rings is 1. The topological polar surface area (TPSA) is 33.7 Å². The maximum Gasteiger partial charge on any atom is 0.390 e. The highest BCUT2D eigenvalue weighted by molar-refractivity contribution is 5.85. The van der Waals surface area contributed by atoms with Crippen LogP contribution in [0.5, 0.6) is 11.5 Å². The first kappa shape index (κ1) is 20.8. The Hall–Kier alpha value is -1.25. The molecule has 138 valence electrons. The van der Waals surface area contributed by atoms with Crippen molar-refractivity contribution < 1.29 is 27.0 Å². The number of alkyl halides is 3. The van der Waals surface area contributed by atoms with E-state index >= 15 is 0 Å². The highest BCUT2D eigenvalue weighted by Crippen LogP contribution is 2.39. The molecule has 24 heavy (non-hydrogen) atoms. The highest BCUT2D eigenvalue weighted by atomic mass is 35.5. The van der Waals surface area contributed by atoms with E-state index in [2.05, 4.69) is 5.32 Å². The van der Waals surface area contributed by atoms with Gasteiger partial charge in [0.1, 0.15) is 5.82 Å². The number of rotatable bonds is 5. The van der Waals surface area contributed by atoms with E-state index in [9.17, 15) is 17.6 Å². The Morgan fingerprint density at radius 1 is 1.12 bits per heavy atom. The Morgan fingerprint density at radius 2 is 1.67 bits per heavy atom. The van der Waals surface area contributed by atoms with Gasteiger partial charge in [0.25, 0.3) is 0 Å². The third-order valence-electron chi connectivity index (χ3n) is 3.88. The number of piperazine rings is 1. The van der Waals surface area contributed by atoms with Crippen molar-refractivity contribution in [3.63, 3.8) is 0 Å². The van der Waals surface area contributed by atoms with E-state index < -0.39 is 24.5 Å². The van der Waals surface area contributed by atoms with E-state index in [1.165, 1.54) is 20.3 Å². The summed E-state index contributed by atoms with van der Waals surface area (Å²) in [4.78, 5) is 1.65. The maximum absolute atomic E-state index is 14.4. The van der Waals surface area contributed by atoms with Crippen LogP contribution in [0.25, 0.3) is 0 Å². The summed E-state index contributed by atoms with van der Waals surface area (Å²) in [5.41, 5.74) is -0.0260. The minimum atomic E-state index is -4.39. The molecule has 1 fully saturated rings. The van der Waals surface area contributed by atoms with Crippen LogP contribution in [-0.2, 0) is 0 Å². The number of methoxy groups -OCH3 is 2. The molecular formula is C15H21ClF4N2O2. The summed E-state index contributed by atoms with van der Waals surface area (Å²) in [6.07, 6.45) is -5.51. The van der Waals surface area contributed by atoms with E-state index in [0.29, 0.717) is 26.2 Å². The monoisotopic (exact) mass is 372 g/mol. The molecule has 1 heterocycles. The Balaban J connectivity index is 0.00000288. The van der Waals surface area contributed by atoms with E-state index in [1.807, 2.05) is 0 Å². The van der Waals surface area contributed by atoms with Crippen LogP contribution in [0, 0.1) is 5.82 Å². The van der Waals surface area contributed by atoms with Gasteiger partial charge >= 0.3 is 6.18 Å². The van der Waals surface area contributed by atoms with Gasteiger partial charge in [0.05, 0.1) is 20.6 Å². The van der Waals surface area contributed by atoms with E-state index in [1.54, 1.807) is 4.90 Å². The van der Waals surface area contributed by atoms with Crippen LogP contribution in [-0.4, -0.2) is 51.5 Å². The summed E-state index contributed by atoms with van der Waals surface area (Å²) in [7, 11) is 2.71. The fourth-order valence-electron chi connectivity index (χ4n) is 2.77. The fraction of sp³-hybridized carbons (Fsp3) is 0.600. The Morgan fingerprint density at radius 3 is 2.17 bits per heavy atom. The summed E-state index contributed by atoms with van der Waals surface area (Å²) >= 11 is 0. The number of nitrogens with one attached hydrogen (secondary N) is 1. The van der Waals surface area contributed by atoms with E-state index in [-0.39, 0.29) is 29.5 Å². The van der Waals surface area contributed by atoms with Crippen molar-refractivity contribution in [1.29, 1.82) is 0 Å². The second-order valence-corrected chi connectivity index (χ2v) is 5.35. The molecule has 9 heteroatoms. The van der Waals surface area contributed by atoms with Crippen molar-refractivity contribution >= 4 is 12.4 Å². The molecule has 0 aromatic heterocycles. The molecule has 0 bridgehead atoms. The second kappa shape index (κ2) is 8.73. The molecule has 0 aliphatic carbocycles. The normalized spacial score (nSPS) is 17.1. The average molecular weight is 373 g/mol. The third-order valence-corrected chi connectivity index (χ3v) is 3.88. The minimum absolute atomic E-state index is 0. The lowest BCUT2D eigenvalue weighted by molar-refractivity contribution is -0.149. The molecule has 0 unspecified atom stereocenters. The quantitative estimate of drug-likeness (QED) is 0.805. The molecule has 4 nitrogen and oxygen atoms in total. The number of halogens is 5. The molecule has 0 saturated carbocycles. The summed E-state index contributed by atoms with van der Waals surface area (Å²) < 4.78 is 63.4. The van der Waals surface area contributed by atoms with Gasteiger partial charge in [-0.25, -0.2) is 4.39 Å².